The van der Waals surface area contributed by atoms with Crippen molar-refractivity contribution in [2.24, 2.45) is 16.8 Å². The topological polar surface area (TPSA) is 71.4 Å². The van der Waals surface area contributed by atoms with Crippen molar-refractivity contribution in [3.8, 4) is 0 Å². The van der Waals surface area contributed by atoms with Gasteiger partial charge in [-0.3, -0.25) is 14.6 Å². The SMILES string of the molecule is CC1=NC2=C(C(=O)C[C@H](C)C2)[C@@H](c2ccccc2C)C1C(=O)Nc1ccc(C)cn1. The zero-order chi connectivity index (χ0) is 21.4. The largest absolute Gasteiger partial charge is 0.310 e. The average Bonchev–Trinajstić information content (AvgIpc) is 2.68. The third-order valence-corrected chi connectivity index (χ3v) is 6.06. The Hall–Kier alpha value is -3.08. The minimum Gasteiger partial charge on any atom is -0.310 e. The van der Waals surface area contributed by atoms with Gasteiger partial charge in [0.05, 0.1) is 5.92 Å². The second-order valence-electron chi connectivity index (χ2n) is 8.57. The van der Waals surface area contributed by atoms with Gasteiger partial charge in [0.1, 0.15) is 5.82 Å². The number of carbonyl (C=O) groups is 2. The Bertz CT molecular complexity index is 1070. The molecule has 1 aliphatic heterocycles. The van der Waals surface area contributed by atoms with Gasteiger partial charge in [-0.05, 0) is 55.9 Å². The van der Waals surface area contributed by atoms with E-state index < -0.39 is 5.92 Å². The van der Waals surface area contributed by atoms with Gasteiger partial charge in [0.15, 0.2) is 5.78 Å². The summed E-state index contributed by atoms with van der Waals surface area (Å²) in [7, 11) is 0. The number of aromatic nitrogens is 1. The van der Waals surface area contributed by atoms with Crippen LogP contribution in [-0.4, -0.2) is 22.4 Å². The van der Waals surface area contributed by atoms with E-state index in [0.717, 1.165) is 34.5 Å². The van der Waals surface area contributed by atoms with E-state index in [1.54, 1.807) is 12.3 Å². The van der Waals surface area contributed by atoms with E-state index >= 15 is 0 Å². The maximum Gasteiger partial charge on any atom is 0.235 e. The van der Waals surface area contributed by atoms with Crippen molar-refractivity contribution in [1.82, 2.24) is 4.98 Å². The molecule has 1 aromatic heterocycles. The van der Waals surface area contributed by atoms with E-state index in [1.807, 2.05) is 51.1 Å². The van der Waals surface area contributed by atoms with Crippen LogP contribution in [0.2, 0.25) is 0 Å². The van der Waals surface area contributed by atoms with Crippen LogP contribution in [0.5, 0.6) is 0 Å². The first-order chi connectivity index (χ1) is 14.3. The van der Waals surface area contributed by atoms with Crippen molar-refractivity contribution >= 4 is 23.2 Å². The van der Waals surface area contributed by atoms with Crippen molar-refractivity contribution < 1.29 is 9.59 Å². The zero-order valence-electron chi connectivity index (χ0n) is 17.9. The van der Waals surface area contributed by atoms with Gasteiger partial charge in [-0.15, -0.1) is 0 Å². The van der Waals surface area contributed by atoms with E-state index in [0.29, 0.717) is 17.8 Å². The Morgan fingerprint density at radius 2 is 1.83 bits per heavy atom. The number of nitrogens with one attached hydrogen (secondary N) is 1. The first-order valence-electron chi connectivity index (χ1n) is 10.5. The van der Waals surface area contributed by atoms with Crippen LogP contribution in [0, 0.1) is 25.7 Å². The summed E-state index contributed by atoms with van der Waals surface area (Å²) >= 11 is 0. The van der Waals surface area contributed by atoms with Crippen molar-refractivity contribution in [3.63, 3.8) is 0 Å². The van der Waals surface area contributed by atoms with Gasteiger partial charge < -0.3 is 5.32 Å². The molecule has 4 rings (SSSR count). The first kappa shape index (κ1) is 20.2. The number of rotatable bonds is 3. The van der Waals surface area contributed by atoms with Crippen LogP contribution >= 0.6 is 0 Å². The molecular weight excluding hydrogens is 374 g/mol. The van der Waals surface area contributed by atoms with E-state index in [-0.39, 0.29) is 23.5 Å². The fourth-order valence-corrected chi connectivity index (χ4v) is 4.61. The third-order valence-electron chi connectivity index (χ3n) is 6.06. The molecule has 1 aliphatic carbocycles. The van der Waals surface area contributed by atoms with Crippen molar-refractivity contribution in [3.05, 3.63) is 70.6 Å². The highest BCUT2D eigenvalue weighted by Gasteiger charge is 2.43. The predicted molar refractivity (Wildman–Crippen MR) is 119 cm³/mol. The van der Waals surface area contributed by atoms with Gasteiger partial charge in [0.25, 0.3) is 0 Å². The van der Waals surface area contributed by atoms with Crippen LogP contribution in [0.3, 0.4) is 0 Å². The summed E-state index contributed by atoms with van der Waals surface area (Å²) in [6.45, 7) is 7.96. The first-order valence-corrected chi connectivity index (χ1v) is 10.5. The second kappa shape index (κ2) is 7.98. The van der Waals surface area contributed by atoms with Gasteiger partial charge >= 0.3 is 0 Å². The number of hydrogen-bond acceptors (Lipinski definition) is 4. The number of anilines is 1. The monoisotopic (exact) mass is 401 g/mol. The lowest BCUT2D eigenvalue weighted by Gasteiger charge is -2.36. The molecule has 0 saturated heterocycles. The second-order valence-corrected chi connectivity index (χ2v) is 8.57. The molecule has 2 aromatic rings. The summed E-state index contributed by atoms with van der Waals surface area (Å²) < 4.78 is 0. The maximum atomic E-state index is 13.4. The van der Waals surface area contributed by atoms with Crippen LogP contribution in [0.15, 0.2) is 58.9 Å². The summed E-state index contributed by atoms with van der Waals surface area (Å²) in [4.78, 5) is 35.6. The van der Waals surface area contributed by atoms with Crippen molar-refractivity contribution in [1.29, 1.82) is 0 Å². The molecule has 1 N–H and O–H groups in total. The molecular formula is C25H27N3O2. The quantitative estimate of drug-likeness (QED) is 0.806. The normalized spacial score (nSPS) is 23.7. The molecule has 154 valence electrons. The highest BCUT2D eigenvalue weighted by atomic mass is 16.2. The van der Waals surface area contributed by atoms with Crippen LogP contribution in [-0.2, 0) is 9.59 Å². The highest BCUT2D eigenvalue weighted by Crippen LogP contribution is 2.45. The molecule has 5 heteroatoms. The molecule has 1 amide bonds. The fraction of sp³-hybridized carbons (Fsp3) is 0.360. The number of Topliss-reactive ketones (excluding diaryl/α,β-unsaturated/α-hetero) is 1. The highest BCUT2D eigenvalue weighted by molar-refractivity contribution is 6.13. The summed E-state index contributed by atoms with van der Waals surface area (Å²) in [5.74, 6) is -0.175. The van der Waals surface area contributed by atoms with E-state index in [2.05, 4.69) is 17.2 Å². The van der Waals surface area contributed by atoms with E-state index in [9.17, 15) is 9.59 Å². The molecule has 1 unspecified atom stereocenters. The minimum absolute atomic E-state index is 0.111. The number of aryl methyl sites for hydroxylation is 2. The number of hydrogen-bond donors (Lipinski definition) is 1. The number of aliphatic imine (C=N–C) groups is 1. The van der Waals surface area contributed by atoms with Crippen LogP contribution < -0.4 is 5.32 Å². The number of benzene rings is 1. The molecule has 3 atom stereocenters. The average molecular weight is 402 g/mol. The lowest BCUT2D eigenvalue weighted by atomic mass is 9.69. The van der Waals surface area contributed by atoms with Crippen molar-refractivity contribution in [2.45, 2.75) is 46.5 Å². The lowest BCUT2D eigenvalue weighted by molar-refractivity contribution is -0.119. The summed E-state index contributed by atoms with van der Waals surface area (Å²) in [5, 5.41) is 2.94. The lowest BCUT2D eigenvalue weighted by Crippen LogP contribution is -2.40. The Balaban J connectivity index is 1.79. The smallest absolute Gasteiger partial charge is 0.235 e. The maximum absolute atomic E-state index is 13.4. The standard InChI is InChI=1S/C25H27N3O2/c1-14-9-10-21(26-13-14)28-25(30)22-17(4)27-19-11-15(2)12-20(29)24(19)23(22)18-8-6-5-7-16(18)3/h5-10,13,15,22-23H,11-12H2,1-4H3,(H,26,28,30)/t15-,22?,23+/m1/s1. The molecule has 0 fully saturated rings. The summed E-state index contributed by atoms with van der Waals surface area (Å²) in [6.07, 6.45) is 3.00. The Morgan fingerprint density at radius 1 is 1.07 bits per heavy atom. The fourth-order valence-electron chi connectivity index (χ4n) is 4.61. The Kier molecular flexibility index (Phi) is 5.37. The molecule has 0 spiro atoms. The molecule has 2 aliphatic rings. The van der Waals surface area contributed by atoms with Gasteiger partial charge in [0, 0.05) is 35.5 Å². The van der Waals surface area contributed by atoms with Crippen LogP contribution in [0.4, 0.5) is 5.82 Å². The van der Waals surface area contributed by atoms with Gasteiger partial charge in [-0.25, -0.2) is 4.98 Å². The number of pyridine rings is 1. The summed E-state index contributed by atoms with van der Waals surface area (Å²) in [5.41, 5.74) is 5.42. The molecule has 0 saturated carbocycles. The Morgan fingerprint density at radius 3 is 2.53 bits per heavy atom. The molecule has 0 radical (unpaired) electrons. The number of amides is 1. The van der Waals surface area contributed by atoms with Crippen molar-refractivity contribution in [2.75, 3.05) is 5.32 Å². The van der Waals surface area contributed by atoms with E-state index in [4.69, 9.17) is 4.99 Å². The third kappa shape index (κ3) is 3.72. The number of nitrogens with zero attached hydrogens (tertiary/aromatic N) is 2. The molecule has 5 nitrogen and oxygen atoms in total. The Labute approximate surface area is 177 Å². The predicted octanol–water partition coefficient (Wildman–Crippen LogP) is 4.76. The molecule has 0 bridgehead atoms. The summed E-state index contributed by atoms with van der Waals surface area (Å²) in [6, 6.07) is 11.7. The van der Waals surface area contributed by atoms with Gasteiger partial charge in [0.2, 0.25) is 5.91 Å². The van der Waals surface area contributed by atoms with Crippen LogP contribution in [0.1, 0.15) is 49.3 Å². The zero-order valence-corrected chi connectivity index (χ0v) is 17.9. The van der Waals surface area contributed by atoms with Gasteiger partial charge in [-0.1, -0.05) is 37.3 Å². The molecule has 1 aromatic carbocycles. The molecule has 30 heavy (non-hydrogen) atoms. The van der Waals surface area contributed by atoms with E-state index in [1.165, 1.54) is 0 Å². The molecule has 2 heterocycles. The number of carbonyl (C=O) groups excluding carboxylic acids is 2. The van der Waals surface area contributed by atoms with Gasteiger partial charge in [-0.2, -0.15) is 0 Å². The minimum atomic E-state index is -0.551. The number of ketones is 1. The van der Waals surface area contributed by atoms with Crippen LogP contribution in [0.25, 0.3) is 0 Å². The number of allylic oxidation sites excluding steroid dienone is 2.